The molecule has 0 radical (unpaired) electrons. The van der Waals surface area contributed by atoms with Gasteiger partial charge < -0.3 is 4.90 Å². The first kappa shape index (κ1) is 15.9. The molecule has 0 aromatic carbocycles. The number of amides is 1. The van der Waals surface area contributed by atoms with E-state index < -0.39 is 24.6 Å². The molecular formula is C14H11F4N3O. The van der Waals surface area contributed by atoms with Crippen molar-refractivity contribution < 1.29 is 22.4 Å². The molecule has 2 aromatic rings. The van der Waals surface area contributed by atoms with E-state index in [2.05, 4.69) is 9.97 Å². The van der Waals surface area contributed by atoms with Gasteiger partial charge in [-0.3, -0.25) is 9.78 Å². The minimum atomic E-state index is -4.59. The molecular weight excluding hydrogens is 302 g/mol. The van der Waals surface area contributed by atoms with Crippen molar-refractivity contribution in [2.24, 2.45) is 0 Å². The summed E-state index contributed by atoms with van der Waals surface area (Å²) in [6.07, 6.45) is -1.89. The topological polar surface area (TPSA) is 46.1 Å². The van der Waals surface area contributed by atoms with Crippen molar-refractivity contribution >= 4 is 5.91 Å². The molecule has 116 valence electrons. The third kappa shape index (κ3) is 3.78. The Morgan fingerprint density at radius 3 is 2.55 bits per heavy atom. The van der Waals surface area contributed by atoms with Crippen LogP contribution < -0.4 is 0 Å². The van der Waals surface area contributed by atoms with Crippen molar-refractivity contribution in [1.82, 2.24) is 14.9 Å². The van der Waals surface area contributed by atoms with Crippen LogP contribution in [0.4, 0.5) is 17.6 Å². The summed E-state index contributed by atoms with van der Waals surface area (Å²) >= 11 is 0. The normalized spacial score (nSPS) is 11.3. The van der Waals surface area contributed by atoms with Gasteiger partial charge in [-0.15, -0.1) is 0 Å². The predicted octanol–water partition coefficient (Wildman–Crippen LogP) is 3.06. The van der Waals surface area contributed by atoms with Crippen molar-refractivity contribution in [1.29, 1.82) is 0 Å². The lowest BCUT2D eigenvalue weighted by molar-refractivity contribution is -0.141. The average Bonchev–Trinajstić information content (AvgIpc) is 2.52. The zero-order valence-electron chi connectivity index (χ0n) is 11.2. The van der Waals surface area contributed by atoms with E-state index in [9.17, 15) is 22.4 Å². The minimum Gasteiger partial charge on any atom is -0.305 e. The van der Waals surface area contributed by atoms with E-state index in [-0.39, 0.29) is 17.8 Å². The van der Waals surface area contributed by atoms with E-state index in [0.717, 1.165) is 17.0 Å². The highest BCUT2D eigenvalue weighted by atomic mass is 19.4. The molecule has 0 spiro atoms. The Balaban J connectivity index is 2.19. The van der Waals surface area contributed by atoms with E-state index in [4.69, 9.17) is 0 Å². The van der Waals surface area contributed by atoms with Crippen molar-refractivity contribution in [3.05, 3.63) is 59.7 Å². The lowest BCUT2D eigenvalue weighted by Gasteiger charge is -2.19. The van der Waals surface area contributed by atoms with Crippen molar-refractivity contribution in [3.8, 4) is 0 Å². The van der Waals surface area contributed by atoms with Crippen LogP contribution in [0.1, 0.15) is 21.7 Å². The Morgan fingerprint density at radius 1 is 1.18 bits per heavy atom. The van der Waals surface area contributed by atoms with Crippen molar-refractivity contribution in [3.63, 3.8) is 0 Å². The highest BCUT2D eigenvalue weighted by Gasteiger charge is 2.32. The SMILES string of the molecule is O=C(c1cccnc1)N(CF)Cc1cccc(C(F)(F)F)n1. The summed E-state index contributed by atoms with van der Waals surface area (Å²) in [4.78, 5) is 20.0. The van der Waals surface area contributed by atoms with Crippen LogP contribution in [-0.4, -0.2) is 27.6 Å². The largest absolute Gasteiger partial charge is 0.433 e. The van der Waals surface area contributed by atoms with Gasteiger partial charge in [0.25, 0.3) is 5.91 Å². The first-order chi connectivity index (χ1) is 10.4. The van der Waals surface area contributed by atoms with Gasteiger partial charge in [-0.2, -0.15) is 13.2 Å². The van der Waals surface area contributed by atoms with Crippen molar-refractivity contribution in [2.45, 2.75) is 12.7 Å². The van der Waals surface area contributed by atoms with E-state index in [1.54, 1.807) is 0 Å². The minimum absolute atomic E-state index is 0.0512. The summed E-state index contributed by atoms with van der Waals surface area (Å²) in [6.45, 7) is -1.51. The molecule has 4 nitrogen and oxygen atoms in total. The number of pyridine rings is 2. The zero-order chi connectivity index (χ0) is 16.2. The first-order valence-electron chi connectivity index (χ1n) is 6.20. The molecule has 0 unspecified atom stereocenters. The third-order valence-corrected chi connectivity index (χ3v) is 2.79. The summed E-state index contributed by atoms with van der Waals surface area (Å²) in [6, 6.07) is 6.22. The molecule has 2 aromatic heterocycles. The molecule has 0 N–H and O–H groups in total. The number of rotatable bonds is 4. The maximum absolute atomic E-state index is 13.0. The summed E-state index contributed by atoms with van der Waals surface area (Å²) in [5.41, 5.74) is -0.991. The van der Waals surface area contributed by atoms with Gasteiger partial charge >= 0.3 is 6.18 Å². The standard InChI is InChI=1S/C14H11F4N3O/c15-9-21(13(22)10-3-2-6-19-7-10)8-11-4-1-5-12(20-11)14(16,17)18/h1-7H,8-9H2. The lowest BCUT2D eigenvalue weighted by atomic mass is 10.2. The van der Waals surface area contributed by atoms with Gasteiger partial charge in [0, 0.05) is 12.4 Å². The van der Waals surface area contributed by atoms with Gasteiger partial charge in [-0.25, -0.2) is 9.37 Å². The van der Waals surface area contributed by atoms with Gasteiger partial charge in [0.1, 0.15) is 5.69 Å². The number of carbonyl (C=O) groups is 1. The predicted molar refractivity (Wildman–Crippen MR) is 69.3 cm³/mol. The molecule has 0 saturated heterocycles. The quantitative estimate of drug-likeness (QED) is 0.644. The van der Waals surface area contributed by atoms with Crippen LogP contribution >= 0.6 is 0 Å². The van der Waals surface area contributed by atoms with Crippen molar-refractivity contribution in [2.75, 3.05) is 6.80 Å². The molecule has 8 heteroatoms. The molecule has 0 aliphatic carbocycles. The van der Waals surface area contributed by atoms with Crippen LogP contribution in [-0.2, 0) is 12.7 Å². The monoisotopic (exact) mass is 313 g/mol. The number of alkyl halides is 4. The molecule has 22 heavy (non-hydrogen) atoms. The second kappa shape index (κ2) is 6.50. The fourth-order valence-electron chi connectivity index (χ4n) is 1.76. The second-order valence-corrected chi connectivity index (χ2v) is 4.38. The van der Waals surface area contributed by atoms with Gasteiger partial charge in [0.05, 0.1) is 17.8 Å². The summed E-state index contributed by atoms with van der Waals surface area (Å²) in [5, 5.41) is 0. The molecule has 1 amide bonds. The van der Waals surface area contributed by atoms with E-state index in [0.29, 0.717) is 0 Å². The molecule has 0 saturated carbocycles. The zero-order valence-corrected chi connectivity index (χ0v) is 11.2. The highest BCUT2D eigenvalue weighted by Crippen LogP contribution is 2.27. The Hall–Kier alpha value is -2.51. The van der Waals surface area contributed by atoms with Crippen LogP contribution in [0.15, 0.2) is 42.7 Å². The van der Waals surface area contributed by atoms with E-state index >= 15 is 0 Å². The number of halogens is 4. The van der Waals surface area contributed by atoms with Crippen LogP contribution in [0.2, 0.25) is 0 Å². The Morgan fingerprint density at radius 2 is 1.95 bits per heavy atom. The fraction of sp³-hybridized carbons (Fsp3) is 0.214. The molecule has 0 fully saturated rings. The van der Waals surface area contributed by atoms with Gasteiger partial charge in [0.15, 0.2) is 6.80 Å². The fourth-order valence-corrected chi connectivity index (χ4v) is 1.76. The highest BCUT2D eigenvalue weighted by molar-refractivity contribution is 5.93. The van der Waals surface area contributed by atoms with Gasteiger partial charge in [0.2, 0.25) is 0 Å². The maximum Gasteiger partial charge on any atom is 0.433 e. The molecule has 0 bridgehead atoms. The lowest BCUT2D eigenvalue weighted by Crippen LogP contribution is -2.30. The number of carbonyl (C=O) groups excluding carboxylic acids is 1. The molecule has 2 rings (SSSR count). The molecule has 0 aliphatic rings. The third-order valence-electron chi connectivity index (χ3n) is 2.79. The second-order valence-electron chi connectivity index (χ2n) is 4.38. The molecule has 2 heterocycles. The molecule has 0 atom stereocenters. The summed E-state index contributed by atoms with van der Waals surface area (Å²) in [5.74, 6) is -0.671. The van der Waals surface area contributed by atoms with E-state index in [1.165, 1.54) is 30.6 Å². The number of aromatic nitrogens is 2. The Bertz CT molecular complexity index is 646. The van der Waals surface area contributed by atoms with Crippen LogP contribution in [0.25, 0.3) is 0 Å². The van der Waals surface area contributed by atoms with Gasteiger partial charge in [-0.1, -0.05) is 6.07 Å². The number of hydrogen-bond acceptors (Lipinski definition) is 3. The maximum atomic E-state index is 13.0. The smallest absolute Gasteiger partial charge is 0.305 e. The number of hydrogen-bond donors (Lipinski definition) is 0. The number of nitrogens with zero attached hydrogens (tertiary/aromatic N) is 3. The van der Waals surface area contributed by atoms with Gasteiger partial charge in [-0.05, 0) is 24.3 Å². The summed E-state index contributed by atoms with van der Waals surface area (Å²) < 4.78 is 50.8. The van der Waals surface area contributed by atoms with E-state index in [1.807, 2.05) is 0 Å². The molecule has 0 aliphatic heterocycles. The average molecular weight is 313 g/mol. The van der Waals surface area contributed by atoms with Crippen LogP contribution in [0, 0.1) is 0 Å². The Kier molecular flexibility index (Phi) is 4.69. The van der Waals surface area contributed by atoms with Crippen LogP contribution in [0.3, 0.4) is 0 Å². The summed E-state index contributed by atoms with van der Waals surface area (Å²) in [7, 11) is 0. The van der Waals surface area contributed by atoms with Crippen LogP contribution in [0.5, 0.6) is 0 Å². The Labute approximate surface area is 123 Å². The first-order valence-corrected chi connectivity index (χ1v) is 6.20.